The largest absolute Gasteiger partial charge is 0.378 e. The fourth-order valence-electron chi connectivity index (χ4n) is 6.73. The SMILES string of the molecule is C=CC1=C(C=[NH+]CC(=O)NCCSSCCNC(=O)C[n+]2ccc3c(c2)CCC/C3=C\c2ccc(N(C)C)cc2)CCC/C1=C\c1ccc(N(C)C)cc1. The van der Waals surface area contributed by atoms with Crippen LogP contribution in [-0.4, -0.2) is 77.4 Å². The molecule has 0 atom stereocenters. The van der Waals surface area contributed by atoms with Gasteiger partial charge in [-0.3, -0.25) is 9.59 Å². The van der Waals surface area contributed by atoms with Gasteiger partial charge in [-0.2, -0.15) is 4.57 Å². The minimum absolute atomic E-state index is 0.0148. The van der Waals surface area contributed by atoms with E-state index in [9.17, 15) is 9.59 Å². The van der Waals surface area contributed by atoms with Crippen molar-refractivity contribution < 1.29 is 19.1 Å². The van der Waals surface area contributed by atoms with Crippen LogP contribution in [0.5, 0.6) is 0 Å². The molecule has 0 spiro atoms. The Morgan fingerprint density at radius 2 is 1.35 bits per heavy atom. The average Bonchev–Trinajstić information content (AvgIpc) is 3.16. The van der Waals surface area contributed by atoms with Crippen LogP contribution in [0.1, 0.15) is 54.4 Å². The minimum atomic E-state index is -0.0285. The summed E-state index contributed by atoms with van der Waals surface area (Å²) in [7, 11) is 11.6. The Bertz CT molecular complexity index is 1880. The molecule has 5 rings (SSSR count). The van der Waals surface area contributed by atoms with Crippen molar-refractivity contribution in [3.05, 3.63) is 119 Å². The number of hydrogen-bond donors (Lipinski definition) is 3. The van der Waals surface area contributed by atoms with Gasteiger partial charge in [-0.1, -0.05) is 70.7 Å². The number of carbonyl (C=O) groups excluding carboxylic acids is 2. The molecule has 1 heterocycles. The number of nitrogens with zero attached hydrogens (tertiary/aromatic N) is 3. The second-order valence-electron chi connectivity index (χ2n) is 14.1. The van der Waals surface area contributed by atoms with E-state index in [0.717, 1.165) is 55.6 Å². The first kappa shape index (κ1) is 40.6. The fraction of sp³-hybridized carbons (Fsp3) is 0.364. The number of fused-ring (bicyclic) bond motifs is 1. The molecule has 3 aromatic rings. The number of hydrogen-bond acceptors (Lipinski definition) is 6. The first-order chi connectivity index (χ1) is 26.2. The maximum Gasteiger partial charge on any atom is 0.286 e. The number of benzene rings is 2. The van der Waals surface area contributed by atoms with Crippen LogP contribution in [0.4, 0.5) is 11.4 Å². The van der Waals surface area contributed by atoms with E-state index < -0.39 is 0 Å². The van der Waals surface area contributed by atoms with Crippen molar-refractivity contribution in [1.29, 1.82) is 0 Å². The number of anilines is 2. The Labute approximate surface area is 330 Å². The van der Waals surface area contributed by atoms with E-state index in [4.69, 9.17) is 0 Å². The van der Waals surface area contributed by atoms with Crippen molar-refractivity contribution in [2.24, 2.45) is 0 Å². The normalized spacial score (nSPS) is 15.7. The number of carbonyl (C=O) groups is 2. The van der Waals surface area contributed by atoms with Crippen LogP contribution in [0.25, 0.3) is 17.7 Å². The fourth-order valence-corrected chi connectivity index (χ4v) is 8.55. The number of nitrogens with one attached hydrogen (secondary N) is 3. The summed E-state index contributed by atoms with van der Waals surface area (Å²) in [6.45, 7) is 5.82. The predicted molar refractivity (Wildman–Crippen MR) is 231 cm³/mol. The maximum atomic E-state index is 12.7. The van der Waals surface area contributed by atoms with Crippen molar-refractivity contribution in [2.75, 3.05) is 69.1 Å². The smallest absolute Gasteiger partial charge is 0.286 e. The van der Waals surface area contributed by atoms with Gasteiger partial charge in [0.1, 0.15) is 0 Å². The minimum Gasteiger partial charge on any atom is -0.378 e. The van der Waals surface area contributed by atoms with Crippen LogP contribution >= 0.6 is 21.6 Å². The van der Waals surface area contributed by atoms with E-state index in [-0.39, 0.29) is 18.4 Å². The van der Waals surface area contributed by atoms with Gasteiger partial charge in [0.2, 0.25) is 13.1 Å². The van der Waals surface area contributed by atoms with Gasteiger partial charge in [0.05, 0.1) is 0 Å². The zero-order valence-electron chi connectivity index (χ0n) is 32.3. The van der Waals surface area contributed by atoms with Crippen LogP contribution in [0.15, 0.2) is 96.4 Å². The molecule has 2 aliphatic carbocycles. The number of amides is 2. The predicted octanol–water partition coefficient (Wildman–Crippen LogP) is 5.50. The van der Waals surface area contributed by atoms with E-state index in [1.165, 1.54) is 50.3 Å². The van der Waals surface area contributed by atoms with Crippen molar-refractivity contribution >= 4 is 68.7 Å². The topological polar surface area (TPSA) is 82.5 Å². The van der Waals surface area contributed by atoms with Crippen molar-refractivity contribution in [3.8, 4) is 0 Å². The molecule has 0 fully saturated rings. The lowest BCUT2D eigenvalue weighted by Crippen LogP contribution is -2.73. The number of rotatable bonds is 17. The van der Waals surface area contributed by atoms with Gasteiger partial charge >= 0.3 is 0 Å². The lowest BCUT2D eigenvalue weighted by atomic mass is 9.86. The summed E-state index contributed by atoms with van der Waals surface area (Å²) in [5.74, 6) is 1.59. The highest BCUT2D eigenvalue weighted by Gasteiger charge is 2.20. The summed E-state index contributed by atoms with van der Waals surface area (Å²) < 4.78 is 1.99. The molecule has 2 amide bonds. The third-order valence-corrected chi connectivity index (χ3v) is 12.0. The van der Waals surface area contributed by atoms with Crippen LogP contribution in [-0.2, 0) is 22.6 Å². The molecule has 54 heavy (non-hydrogen) atoms. The molecule has 0 unspecified atom stereocenters. The van der Waals surface area contributed by atoms with Gasteiger partial charge < -0.3 is 20.4 Å². The molecule has 1 aromatic heterocycles. The highest BCUT2D eigenvalue weighted by molar-refractivity contribution is 8.76. The number of aryl methyl sites for hydroxylation is 1. The Hall–Kier alpha value is -4.54. The molecule has 10 heteroatoms. The lowest BCUT2D eigenvalue weighted by molar-refractivity contribution is -0.684. The van der Waals surface area contributed by atoms with Crippen molar-refractivity contribution in [2.45, 2.75) is 45.1 Å². The molecule has 0 aliphatic heterocycles. The molecule has 0 saturated heterocycles. The zero-order chi connectivity index (χ0) is 38.3. The molecule has 284 valence electrons. The van der Waals surface area contributed by atoms with Gasteiger partial charge in [0, 0.05) is 81.4 Å². The van der Waals surface area contributed by atoms with E-state index in [2.05, 4.69) is 119 Å². The zero-order valence-corrected chi connectivity index (χ0v) is 34.0. The van der Waals surface area contributed by atoms with Crippen LogP contribution in [0.2, 0.25) is 0 Å². The van der Waals surface area contributed by atoms with Crippen LogP contribution in [0.3, 0.4) is 0 Å². The highest BCUT2D eigenvalue weighted by atomic mass is 33.1. The Morgan fingerprint density at radius 1 is 0.778 bits per heavy atom. The molecule has 3 N–H and O–H groups in total. The average molecular weight is 765 g/mol. The standard InChI is InChI=1S/C44H54N6O2S2/c1-6-41-35(27-33-13-17-39(18-14-33)48(2)3)9-7-11-37(41)29-45-30-43(51)46-22-25-53-54-26-23-47-44(52)32-50-24-21-42-36(10-8-12-38(42)31-50)28-34-15-19-40(20-16-34)49(4)5/h6,13-21,24,27-29,31H,1,7-12,22-23,25-26,30,32H2,2-5H3,(H-,46,47,51,52)/p+2/b35-27+,45-29?. The van der Waals surface area contributed by atoms with Gasteiger partial charge in [-0.25, -0.2) is 4.99 Å². The summed E-state index contributed by atoms with van der Waals surface area (Å²) in [5.41, 5.74) is 12.3. The Kier molecular flexibility index (Phi) is 15.6. The summed E-state index contributed by atoms with van der Waals surface area (Å²) in [6.07, 6.45) is 18.8. The van der Waals surface area contributed by atoms with Gasteiger partial charge in [0.25, 0.3) is 11.8 Å². The summed E-state index contributed by atoms with van der Waals surface area (Å²) in [5, 5.41) is 6.04. The second-order valence-corrected chi connectivity index (χ2v) is 16.8. The first-order valence-corrected chi connectivity index (χ1v) is 21.4. The molecular formula is C44H56N6O2S2+2. The van der Waals surface area contributed by atoms with E-state index in [1.54, 1.807) is 21.6 Å². The molecule has 2 aromatic carbocycles. The maximum absolute atomic E-state index is 12.7. The monoisotopic (exact) mass is 764 g/mol. The molecule has 0 radical (unpaired) electrons. The quantitative estimate of drug-likeness (QED) is 0.0730. The molecule has 0 saturated carbocycles. The lowest BCUT2D eigenvalue weighted by Gasteiger charge is -2.18. The second kappa shape index (κ2) is 20.8. The third kappa shape index (κ3) is 12.2. The van der Waals surface area contributed by atoms with Crippen molar-refractivity contribution in [3.63, 3.8) is 0 Å². The van der Waals surface area contributed by atoms with Crippen LogP contribution in [0, 0.1) is 0 Å². The third-order valence-electron chi connectivity index (χ3n) is 9.59. The van der Waals surface area contributed by atoms with Crippen LogP contribution < -0.4 is 30.0 Å². The highest BCUT2D eigenvalue weighted by Crippen LogP contribution is 2.32. The Morgan fingerprint density at radius 3 is 1.96 bits per heavy atom. The Balaban J connectivity index is 0.964. The van der Waals surface area contributed by atoms with Crippen molar-refractivity contribution in [1.82, 2.24) is 10.6 Å². The van der Waals surface area contributed by atoms with E-state index in [0.29, 0.717) is 19.6 Å². The van der Waals surface area contributed by atoms with Gasteiger partial charge in [-0.15, -0.1) is 0 Å². The van der Waals surface area contributed by atoms with E-state index in [1.807, 2.05) is 37.1 Å². The molecule has 2 aliphatic rings. The number of aromatic nitrogens is 1. The number of pyridine rings is 1. The molecule has 8 nitrogen and oxygen atoms in total. The van der Waals surface area contributed by atoms with E-state index >= 15 is 0 Å². The summed E-state index contributed by atoms with van der Waals surface area (Å²) in [4.78, 5) is 32.6. The summed E-state index contributed by atoms with van der Waals surface area (Å²) in [6, 6.07) is 19.4. The number of allylic oxidation sites excluding steroid dienone is 5. The van der Waals surface area contributed by atoms with Gasteiger partial charge in [-0.05, 0) is 96.2 Å². The summed E-state index contributed by atoms with van der Waals surface area (Å²) >= 11 is 0. The molecular weight excluding hydrogens is 709 g/mol. The molecule has 0 bridgehead atoms. The first-order valence-electron chi connectivity index (χ1n) is 18.9. The van der Waals surface area contributed by atoms with Gasteiger partial charge in [0.15, 0.2) is 18.6 Å².